The fourth-order valence-corrected chi connectivity index (χ4v) is 3.54. The van der Waals surface area contributed by atoms with E-state index in [2.05, 4.69) is 32.9 Å². The molecule has 1 saturated carbocycles. The van der Waals surface area contributed by atoms with Crippen LogP contribution in [-0.4, -0.2) is 19.7 Å². The number of rotatable bonds is 4. The van der Waals surface area contributed by atoms with Crippen LogP contribution in [0.25, 0.3) is 11.4 Å². The monoisotopic (exact) mass is 368 g/mol. The normalized spacial score (nSPS) is 15.8. The third-order valence-corrected chi connectivity index (χ3v) is 5.21. The number of hydrogen-bond donors (Lipinski definition) is 0. The molecule has 0 aliphatic heterocycles. The lowest BCUT2D eigenvalue weighted by atomic mass is 10.0. The molecule has 0 atom stereocenters. The Labute approximate surface area is 138 Å². The van der Waals surface area contributed by atoms with Gasteiger partial charge < -0.3 is 0 Å². The van der Waals surface area contributed by atoms with E-state index in [0.717, 1.165) is 28.7 Å². The molecule has 6 heteroatoms. The smallest absolute Gasteiger partial charge is 0.164 e. The van der Waals surface area contributed by atoms with Crippen molar-refractivity contribution < 1.29 is 0 Å². The summed E-state index contributed by atoms with van der Waals surface area (Å²) in [5, 5.41) is 4.83. The molecule has 4 nitrogen and oxygen atoms in total. The van der Waals surface area contributed by atoms with Crippen LogP contribution in [0, 0.1) is 0 Å². The van der Waals surface area contributed by atoms with Gasteiger partial charge in [-0.15, -0.1) is 0 Å². The largest absolute Gasteiger partial charge is 0.272 e. The summed E-state index contributed by atoms with van der Waals surface area (Å²) in [5.74, 6) is 1.16. The van der Waals surface area contributed by atoms with Crippen molar-refractivity contribution in [3.63, 3.8) is 0 Å². The fraction of sp³-hybridized carbons (Fsp3) is 0.533. The topological polar surface area (TPSA) is 43.6 Å². The Balaban J connectivity index is 1.98. The van der Waals surface area contributed by atoms with Gasteiger partial charge in [0.25, 0.3) is 0 Å². The third-order valence-electron chi connectivity index (χ3n) is 3.92. The lowest BCUT2D eigenvalue weighted by molar-refractivity contribution is 0.603. The minimum atomic E-state index is 0.490. The second-order valence-corrected chi connectivity index (χ2v) is 6.66. The molecule has 1 aliphatic carbocycles. The van der Waals surface area contributed by atoms with Gasteiger partial charge in [-0.1, -0.05) is 31.4 Å². The van der Waals surface area contributed by atoms with E-state index < -0.39 is 0 Å². The first kappa shape index (κ1) is 15.0. The van der Waals surface area contributed by atoms with E-state index in [-0.39, 0.29) is 0 Å². The third kappa shape index (κ3) is 3.14. The van der Waals surface area contributed by atoms with Gasteiger partial charge in [0.1, 0.15) is 5.15 Å². The average molecular weight is 370 g/mol. The molecule has 0 saturated heterocycles. The lowest BCUT2D eigenvalue weighted by Crippen LogP contribution is -2.02. The summed E-state index contributed by atoms with van der Waals surface area (Å²) in [7, 11) is 0. The van der Waals surface area contributed by atoms with E-state index >= 15 is 0 Å². The van der Waals surface area contributed by atoms with E-state index in [1.165, 1.54) is 25.7 Å². The minimum Gasteiger partial charge on any atom is -0.272 e. The highest BCUT2D eigenvalue weighted by atomic mass is 79.9. The molecule has 21 heavy (non-hydrogen) atoms. The van der Waals surface area contributed by atoms with Crippen molar-refractivity contribution in [3.8, 4) is 11.4 Å². The van der Waals surface area contributed by atoms with Gasteiger partial charge in [0.2, 0.25) is 0 Å². The van der Waals surface area contributed by atoms with Gasteiger partial charge >= 0.3 is 0 Å². The van der Waals surface area contributed by atoms with Crippen molar-refractivity contribution >= 4 is 27.5 Å². The van der Waals surface area contributed by atoms with Crippen molar-refractivity contribution in [3.05, 3.63) is 27.7 Å². The molecule has 1 fully saturated rings. The van der Waals surface area contributed by atoms with E-state index in [4.69, 9.17) is 16.6 Å². The predicted molar refractivity (Wildman–Crippen MR) is 87.5 cm³/mol. The van der Waals surface area contributed by atoms with E-state index in [1.54, 1.807) is 0 Å². The number of nitrogens with zero attached hydrogens (tertiary/aromatic N) is 4. The Morgan fingerprint density at radius 1 is 1.33 bits per heavy atom. The molecule has 0 bridgehead atoms. The molecule has 0 N–H and O–H groups in total. The zero-order valence-electron chi connectivity index (χ0n) is 12.0. The van der Waals surface area contributed by atoms with Crippen LogP contribution in [0.15, 0.2) is 16.9 Å². The Kier molecular flexibility index (Phi) is 4.60. The van der Waals surface area contributed by atoms with Crippen molar-refractivity contribution in [1.82, 2.24) is 19.7 Å². The molecule has 2 heterocycles. The van der Waals surface area contributed by atoms with Crippen molar-refractivity contribution in [1.29, 1.82) is 0 Å². The van der Waals surface area contributed by atoms with Gasteiger partial charge in [0.05, 0.1) is 21.9 Å². The number of hydrogen-bond acceptors (Lipinski definition) is 3. The maximum absolute atomic E-state index is 6.29. The van der Waals surface area contributed by atoms with E-state index in [1.807, 2.05) is 17.1 Å². The average Bonchev–Trinajstić information content (AvgIpc) is 3.13. The number of halogens is 2. The quantitative estimate of drug-likeness (QED) is 0.725. The van der Waals surface area contributed by atoms with Crippen LogP contribution in [0.5, 0.6) is 0 Å². The Morgan fingerprint density at radius 2 is 2.10 bits per heavy atom. The molecule has 2 aromatic heterocycles. The number of aryl methyl sites for hydroxylation is 1. The van der Waals surface area contributed by atoms with Gasteiger partial charge in [-0.2, -0.15) is 5.10 Å². The summed E-state index contributed by atoms with van der Waals surface area (Å²) >= 11 is 9.84. The summed E-state index contributed by atoms with van der Waals surface area (Å²) in [5.41, 5.74) is 1.97. The highest BCUT2D eigenvalue weighted by Crippen LogP contribution is 2.39. The summed E-state index contributed by atoms with van der Waals surface area (Å²) < 4.78 is 2.77. The minimum absolute atomic E-state index is 0.490. The lowest BCUT2D eigenvalue weighted by Gasteiger charge is -2.12. The summed E-state index contributed by atoms with van der Waals surface area (Å²) in [6, 6.07) is 0. The molecule has 0 amide bonds. The maximum atomic E-state index is 6.29. The number of aromatic nitrogens is 4. The van der Waals surface area contributed by atoms with Gasteiger partial charge in [-0.25, -0.2) is 9.97 Å². The van der Waals surface area contributed by atoms with Crippen LogP contribution < -0.4 is 0 Å². The molecular weight excluding hydrogens is 352 g/mol. The molecule has 0 unspecified atom stereocenters. The molecule has 0 spiro atoms. The summed E-state index contributed by atoms with van der Waals surface area (Å²) in [6.45, 7) is 3.03. The Hall–Kier alpha value is -0.940. The van der Waals surface area contributed by atoms with E-state index in [0.29, 0.717) is 16.9 Å². The van der Waals surface area contributed by atoms with Gasteiger partial charge in [0.15, 0.2) is 5.82 Å². The SMILES string of the molecule is CCCn1cc(-c2nc(Cl)c(Br)c(C3CCCC3)n2)cn1. The molecule has 112 valence electrons. The van der Waals surface area contributed by atoms with Crippen LogP contribution in [0.3, 0.4) is 0 Å². The highest BCUT2D eigenvalue weighted by molar-refractivity contribution is 9.10. The first-order valence-electron chi connectivity index (χ1n) is 7.44. The molecule has 1 aliphatic rings. The fourth-order valence-electron chi connectivity index (χ4n) is 2.87. The van der Waals surface area contributed by atoms with Gasteiger partial charge in [-0.3, -0.25) is 4.68 Å². The van der Waals surface area contributed by atoms with Gasteiger partial charge in [0, 0.05) is 18.7 Å². The highest BCUT2D eigenvalue weighted by Gasteiger charge is 2.24. The molecule has 2 aromatic rings. The second-order valence-electron chi connectivity index (χ2n) is 5.51. The van der Waals surface area contributed by atoms with Gasteiger partial charge in [-0.05, 0) is 35.2 Å². The Morgan fingerprint density at radius 3 is 2.81 bits per heavy atom. The van der Waals surface area contributed by atoms with Crippen molar-refractivity contribution in [2.45, 2.75) is 51.5 Å². The standard InChI is InChI=1S/C15H18BrClN4/c1-2-7-21-9-11(8-18-21)15-19-13(10-5-3-4-6-10)12(16)14(17)20-15/h8-10H,2-7H2,1H3. The predicted octanol–water partition coefficient (Wildman–Crippen LogP) is 4.82. The molecule has 3 rings (SSSR count). The summed E-state index contributed by atoms with van der Waals surface area (Å²) in [6.07, 6.45) is 9.75. The zero-order chi connectivity index (χ0) is 14.8. The van der Waals surface area contributed by atoms with Crippen molar-refractivity contribution in [2.24, 2.45) is 0 Å². The van der Waals surface area contributed by atoms with Crippen LogP contribution in [-0.2, 0) is 6.54 Å². The first-order chi connectivity index (χ1) is 10.2. The van der Waals surface area contributed by atoms with Crippen LogP contribution in [0.4, 0.5) is 0 Å². The molecule has 0 aromatic carbocycles. The first-order valence-corrected chi connectivity index (χ1v) is 8.62. The van der Waals surface area contributed by atoms with E-state index in [9.17, 15) is 0 Å². The molecule has 0 radical (unpaired) electrons. The van der Waals surface area contributed by atoms with Crippen molar-refractivity contribution in [2.75, 3.05) is 0 Å². The van der Waals surface area contributed by atoms with Crippen LogP contribution in [0.1, 0.15) is 50.6 Å². The Bertz CT molecular complexity index is 635. The second kappa shape index (κ2) is 6.44. The summed E-state index contributed by atoms with van der Waals surface area (Å²) in [4.78, 5) is 9.17. The maximum Gasteiger partial charge on any atom is 0.164 e. The van der Waals surface area contributed by atoms with Crippen LogP contribution in [0.2, 0.25) is 5.15 Å². The molecular formula is C15H18BrClN4. The van der Waals surface area contributed by atoms with Crippen LogP contribution >= 0.6 is 27.5 Å². The zero-order valence-corrected chi connectivity index (χ0v) is 14.4.